The summed E-state index contributed by atoms with van der Waals surface area (Å²) >= 11 is 0. The molecule has 5 heteroatoms. The number of pyridine rings is 1. The molecule has 0 bridgehead atoms. The van der Waals surface area contributed by atoms with E-state index in [-0.39, 0.29) is 5.97 Å². The number of fused-ring (bicyclic) bond motifs is 1. The van der Waals surface area contributed by atoms with Crippen LogP contribution in [-0.2, 0) is 11.2 Å². The Morgan fingerprint density at radius 2 is 2.19 bits per heavy atom. The molecule has 0 radical (unpaired) electrons. The molecule has 1 aliphatic heterocycles. The highest BCUT2D eigenvalue weighted by atomic mass is 16.5. The minimum absolute atomic E-state index is 0.368. The van der Waals surface area contributed by atoms with E-state index in [9.17, 15) is 4.79 Å². The van der Waals surface area contributed by atoms with Gasteiger partial charge in [0.15, 0.2) is 0 Å². The van der Waals surface area contributed by atoms with E-state index >= 15 is 0 Å². The average Bonchev–Trinajstić information content (AvgIpc) is 3.27. The second kappa shape index (κ2) is 6.92. The second-order valence-corrected chi connectivity index (χ2v) is 7.01. The lowest BCUT2D eigenvalue weighted by molar-refractivity contribution is 0.0600. The normalized spacial score (nSPS) is 17.7. The Balaban J connectivity index is 1.69. The number of benzene rings is 1. The lowest BCUT2D eigenvalue weighted by Gasteiger charge is -2.18. The number of esters is 1. The maximum Gasteiger partial charge on any atom is 0.339 e. The molecule has 1 aliphatic rings. The first-order chi connectivity index (χ1) is 12.7. The van der Waals surface area contributed by atoms with Crippen molar-refractivity contribution in [2.75, 3.05) is 20.7 Å². The summed E-state index contributed by atoms with van der Waals surface area (Å²) in [5.41, 5.74) is 4.92. The predicted molar refractivity (Wildman–Crippen MR) is 102 cm³/mol. The van der Waals surface area contributed by atoms with Crippen molar-refractivity contribution in [2.24, 2.45) is 0 Å². The molecular formula is C21H23N3O2. The van der Waals surface area contributed by atoms with Crippen molar-refractivity contribution in [1.29, 1.82) is 0 Å². The van der Waals surface area contributed by atoms with E-state index < -0.39 is 0 Å². The third-order valence-corrected chi connectivity index (χ3v) is 5.39. The number of aromatic nitrogens is 2. The molecule has 3 aromatic rings. The number of hydrogen-bond acceptors (Lipinski definition) is 4. The molecule has 0 amide bonds. The van der Waals surface area contributed by atoms with E-state index in [1.54, 1.807) is 6.20 Å². The molecule has 4 rings (SSSR count). The predicted octanol–water partition coefficient (Wildman–Crippen LogP) is 3.65. The van der Waals surface area contributed by atoms with Gasteiger partial charge in [0.2, 0.25) is 0 Å². The maximum absolute atomic E-state index is 11.8. The zero-order valence-corrected chi connectivity index (χ0v) is 15.2. The lowest BCUT2D eigenvalue weighted by atomic mass is 9.99. The van der Waals surface area contributed by atoms with Crippen molar-refractivity contribution >= 4 is 16.9 Å². The molecule has 0 saturated carbocycles. The van der Waals surface area contributed by atoms with E-state index in [1.807, 2.05) is 6.07 Å². The zero-order chi connectivity index (χ0) is 18.1. The number of ether oxygens (including phenoxy) is 1. The monoisotopic (exact) mass is 349 g/mol. The summed E-state index contributed by atoms with van der Waals surface area (Å²) in [5, 5.41) is 1.24. The molecule has 5 nitrogen and oxygen atoms in total. The molecule has 26 heavy (non-hydrogen) atoms. The van der Waals surface area contributed by atoms with Crippen LogP contribution in [-0.4, -0.2) is 47.6 Å². The zero-order valence-electron chi connectivity index (χ0n) is 15.2. The van der Waals surface area contributed by atoms with Crippen LogP contribution in [0.4, 0.5) is 0 Å². The van der Waals surface area contributed by atoms with Gasteiger partial charge >= 0.3 is 5.97 Å². The molecule has 1 aromatic carbocycles. The molecule has 1 N–H and O–H groups in total. The summed E-state index contributed by atoms with van der Waals surface area (Å²) in [7, 11) is 3.59. The third kappa shape index (κ3) is 3.10. The Labute approximate surface area is 153 Å². The van der Waals surface area contributed by atoms with Crippen molar-refractivity contribution < 1.29 is 9.53 Å². The van der Waals surface area contributed by atoms with Gasteiger partial charge in [-0.1, -0.05) is 6.07 Å². The number of aromatic amines is 1. The fourth-order valence-electron chi connectivity index (χ4n) is 3.85. The number of likely N-dealkylation sites (tertiary alicyclic amines) is 1. The van der Waals surface area contributed by atoms with E-state index in [1.165, 1.54) is 43.6 Å². The summed E-state index contributed by atoms with van der Waals surface area (Å²) in [6.07, 6.45) is 9.04. The van der Waals surface area contributed by atoms with Crippen LogP contribution in [0.25, 0.3) is 22.0 Å². The highest BCUT2D eigenvalue weighted by Gasteiger charge is 2.22. The number of carbonyl (C=O) groups excluding carboxylic acids is 1. The first kappa shape index (κ1) is 16.8. The van der Waals surface area contributed by atoms with Crippen molar-refractivity contribution in [3.8, 4) is 11.1 Å². The molecular weight excluding hydrogens is 326 g/mol. The lowest BCUT2D eigenvalue weighted by Crippen LogP contribution is -2.26. The number of methoxy groups -OCH3 is 1. The van der Waals surface area contributed by atoms with Crippen LogP contribution < -0.4 is 0 Å². The van der Waals surface area contributed by atoms with Crippen LogP contribution >= 0.6 is 0 Å². The Morgan fingerprint density at radius 3 is 2.96 bits per heavy atom. The molecule has 1 fully saturated rings. The van der Waals surface area contributed by atoms with Crippen molar-refractivity contribution in [3.05, 3.63) is 54.0 Å². The minimum Gasteiger partial charge on any atom is -0.465 e. The number of nitrogens with zero attached hydrogens (tertiary/aromatic N) is 2. The van der Waals surface area contributed by atoms with E-state index in [0.29, 0.717) is 11.6 Å². The molecule has 3 heterocycles. The number of rotatable bonds is 4. The fourth-order valence-corrected chi connectivity index (χ4v) is 3.85. The highest BCUT2D eigenvalue weighted by Crippen LogP contribution is 2.29. The first-order valence-electron chi connectivity index (χ1n) is 8.99. The van der Waals surface area contributed by atoms with Gasteiger partial charge in [-0.15, -0.1) is 0 Å². The van der Waals surface area contributed by atoms with Crippen molar-refractivity contribution in [1.82, 2.24) is 14.9 Å². The highest BCUT2D eigenvalue weighted by molar-refractivity contribution is 5.92. The van der Waals surface area contributed by atoms with Crippen LogP contribution in [0, 0.1) is 0 Å². The van der Waals surface area contributed by atoms with Gasteiger partial charge in [-0.2, -0.15) is 0 Å². The topological polar surface area (TPSA) is 58.2 Å². The Morgan fingerprint density at radius 1 is 1.31 bits per heavy atom. The SMILES string of the molecule is COC(=O)c1cncc(-c2ccc3[nH]cc(C[C@H]4CCCN4C)c3c2)c1. The van der Waals surface area contributed by atoms with Gasteiger partial charge < -0.3 is 14.6 Å². The van der Waals surface area contributed by atoms with E-state index in [0.717, 1.165) is 23.1 Å². The Bertz CT molecular complexity index is 947. The summed E-state index contributed by atoms with van der Waals surface area (Å²) in [6.45, 7) is 1.18. The van der Waals surface area contributed by atoms with E-state index in [2.05, 4.69) is 46.3 Å². The van der Waals surface area contributed by atoms with E-state index in [4.69, 9.17) is 4.74 Å². The Kier molecular flexibility index (Phi) is 4.47. The van der Waals surface area contributed by atoms with Gasteiger partial charge in [-0.05, 0) is 62.2 Å². The molecule has 0 unspecified atom stereocenters. The average molecular weight is 349 g/mol. The fraction of sp³-hybridized carbons (Fsp3) is 0.333. The summed E-state index contributed by atoms with van der Waals surface area (Å²) in [6, 6.07) is 8.78. The van der Waals surface area contributed by atoms with Gasteiger partial charge in [0.25, 0.3) is 0 Å². The summed E-state index contributed by atoms with van der Waals surface area (Å²) in [5.74, 6) is -0.368. The van der Waals surface area contributed by atoms with Crippen LogP contribution in [0.5, 0.6) is 0 Å². The number of nitrogens with one attached hydrogen (secondary N) is 1. The van der Waals surface area contributed by atoms with Crippen LogP contribution in [0.3, 0.4) is 0 Å². The molecule has 2 aromatic heterocycles. The molecule has 0 spiro atoms. The van der Waals surface area contributed by atoms with Gasteiger partial charge in [0.1, 0.15) is 0 Å². The summed E-state index contributed by atoms with van der Waals surface area (Å²) < 4.78 is 4.80. The smallest absolute Gasteiger partial charge is 0.339 e. The first-order valence-corrected chi connectivity index (χ1v) is 8.99. The Hall–Kier alpha value is -2.66. The number of carbonyl (C=O) groups is 1. The van der Waals surface area contributed by atoms with Crippen molar-refractivity contribution in [3.63, 3.8) is 0 Å². The largest absolute Gasteiger partial charge is 0.465 e. The number of H-pyrrole nitrogens is 1. The second-order valence-electron chi connectivity index (χ2n) is 7.01. The van der Waals surface area contributed by atoms with Crippen LogP contribution in [0.2, 0.25) is 0 Å². The van der Waals surface area contributed by atoms with Gasteiger partial charge in [0.05, 0.1) is 12.7 Å². The number of likely N-dealkylation sites (N-methyl/N-ethyl adjacent to an activating group) is 1. The van der Waals surface area contributed by atoms with Crippen molar-refractivity contribution in [2.45, 2.75) is 25.3 Å². The third-order valence-electron chi connectivity index (χ3n) is 5.39. The van der Waals surface area contributed by atoms with Gasteiger partial charge in [0, 0.05) is 41.1 Å². The molecule has 0 aliphatic carbocycles. The molecule has 1 atom stereocenters. The quantitative estimate of drug-likeness (QED) is 0.731. The summed E-state index contributed by atoms with van der Waals surface area (Å²) in [4.78, 5) is 21.8. The van der Waals surface area contributed by atoms with Crippen LogP contribution in [0.1, 0.15) is 28.8 Å². The minimum atomic E-state index is -0.368. The van der Waals surface area contributed by atoms with Gasteiger partial charge in [-0.25, -0.2) is 4.79 Å². The van der Waals surface area contributed by atoms with Crippen LogP contribution in [0.15, 0.2) is 42.9 Å². The standard InChI is InChI=1S/C21H23N3O2/c1-24-7-3-4-18(24)9-16-13-23-20-6-5-14(10-19(16)20)15-8-17(12-22-11-15)21(25)26-2/h5-6,8,10-13,18,23H,3-4,7,9H2,1-2H3/t18-/m1/s1. The molecule has 134 valence electrons. The number of hydrogen-bond donors (Lipinski definition) is 1. The van der Waals surface area contributed by atoms with Gasteiger partial charge in [-0.3, -0.25) is 4.98 Å². The maximum atomic E-state index is 11.8. The molecule has 1 saturated heterocycles.